The minimum Gasteiger partial charge on any atom is -0.361 e. The van der Waals surface area contributed by atoms with Crippen LogP contribution in [0.15, 0.2) is 16.9 Å². The SMILES string of the molecule is CC[C@@H](NC(=O)N1CCCC[C@H]1c1cn[nH]c1)c1c(C)noc1C. The minimum absolute atomic E-state index is 0.0345. The van der Waals surface area contributed by atoms with E-state index in [1.165, 1.54) is 0 Å². The smallest absolute Gasteiger partial charge is 0.318 e. The Bertz CT molecular complexity index is 660. The highest BCUT2D eigenvalue weighted by molar-refractivity contribution is 5.75. The molecule has 2 amide bonds. The van der Waals surface area contributed by atoms with Crippen LogP contribution in [0.3, 0.4) is 0 Å². The van der Waals surface area contributed by atoms with Crippen LogP contribution in [0.2, 0.25) is 0 Å². The Morgan fingerprint density at radius 2 is 2.33 bits per heavy atom. The fourth-order valence-electron chi connectivity index (χ4n) is 3.56. The molecule has 1 saturated heterocycles. The number of piperidine rings is 1. The van der Waals surface area contributed by atoms with E-state index in [0.29, 0.717) is 0 Å². The van der Waals surface area contributed by atoms with Crippen LogP contribution < -0.4 is 5.32 Å². The predicted octanol–water partition coefficient (Wildman–Crippen LogP) is 3.40. The molecular formula is C17H25N5O2. The molecule has 1 aliphatic heterocycles. The number of aryl methyl sites for hydroxylation is 2. The van der Waals surface area contributed by atoms with Gasteiger partial charge in [0.25, 0.3) is 0 Å². The van der Waals surface area contributed by atoms with E-state index in [9.17, 15) is 4.79 Å². The summed E-state index contributed by atoms with van der Waals surface area (Å²) in [5, 5.41) is 14.1. The van der Waals surface area contributed by atoms with Crippen LogP contribution in [0.5, 0.6) is 0 Å². The first-order valence-corrected chi connectivity index (χ1v) is 8.60. The van der Waals surface area contributed by atoms with E-state index in [1.807, 2.05) is 31.1 Å². The molecule has 7 nitrogen and oxygen atoms in total. The highest BCUT2D eigenvalue weighted by Crippen LogP contribution is 2.31. The highest BCUT2D eigenvalue weighted by Gasteiger charge is 2.30. The molecule has 2 N–H and O–H groups in total. The molecule has 3 heterocycles. The van der Waals surface area contributed by atoms with Gasteiger partial charge in [-0.15, -0.1) is 0 Å². The van der Waals surface area contributed by atoms with E-state index in [0.717, 1.165) is 54.8 Å². The van der Waals surface area contributed by atoms with Gasteiger partial charge in [0, 0.05) is 23.9 Å². The van der Waals surface area contributed by atoms with Gasteiger partial charge >= 0.3 is 6.03 Å². The van der Waals surface area contributed by atoms with Crippen molar-refractivity contribution >= 4 is 6.03 Å². The number of amides is 2. The van der Waals surface area contributed by atoms with Gasteiger partial charge in [0.15, 0.2) is 0 Å². The number of aromatic amines is 1. The number of nitrogens with one attached hydrogen (secondary N) is 2. The Hall–Kier alpha value is -2.31. The first-order valence-electron chi connectivity index (χ1n) is 8.60. The number of H-pyrrole nitrogens is 1. The molecular weight excluding hydrogens is 306 g/mol. The molecule has 1 fully saturated rings. The Morgan fingerprint density at radius 1 is 1.50 bits per heavy atom. The summed E-state index contributed by atoms with van der Waals surface area (Å²) >= 11 is 0. The second-order valence-corrected chi connectivity index (χ2v) is 6.38. The fourth-order valence-corrected chi connectivity index (χ4v) is 3.56. The van der Waals surface area contributed by atoms with Gasteiger partial charge in [-0.3, -0.25) is 5.10 Å². The van der Waals surface area contributed by atoms with Gasteiger partial charge in [-0.05, 0) is 39.5 Å². The zero-order chi connectivity index (χ0) is 17.1. The molecule has 0 radical (unpaired) electrons. The van der Waals surface area contributed by atoms with Gasteiger partial charge in [-0.25, -0.2) is 4.79 Å². The summed E-state index contributed by atoms with van der Waals surface area (Å²) in [6.07, 6.45) is 7.60. The molecule has 0 bridgehead atoms. The Balaban J connectivity index is 1.77. The molecule has 0 unspecified atom stereocenters. The van der Waals surface area contributed by atoms with E-state index in [2.05, 4.69) is 27.6 Å². The summed E-state index contributed by atoms with van der Waals surface area (Å²) in [4.78, 5) is 14.8. The Kier molecular flexibility index (Phi) is 4.87. The molecule has 2 aromatic heterocycles. The minimum atomic E-state index is -0.0873. The summed E-state index contributed by atoms with van der Waals surface area (Å²) < 4.78 is 5.26. The van der Waals surface area contributed by atoms with E-state index in [-0.39, 0.29) is 18.1 Å². The number of carbonyl (C=O) groups is 1. The van der Waals surface area contributed by atoms with Crippen LogP contribution in [0.4, 0.5) is 4.79 Å². The molecule has 0 aromatic carbocycles. The number of nitrogens with zero attached hydrogens (tertiary/aromatic N) is 3. The summed E-state index contributed by atoms with van der Waals surface area (Å²) in [6, 6.07) is -0.0388. The molecule has 3 rings (SSSR count). The lowest BCUT2D eigenvalue weighted by Gasteiger charge is -2.36. The van der Waals surface area contributed by atoms with Gasteiger partial charge in [-0.2, -0.15) is 5.10 Å². The molecule has 2 aromatic rings. The first-order chi connectivity index (χ1) is 11.6. The second kappa shape index (κ2) is 7.07. The van der Waals surface area contributed by atoms with Crippen LogP contribution in [0.25, 0.3) is 0 Å². The topological polar surface area (TPSA) is 87.0 Å². The third-order valence-electron chi connectivity index (χ3n) is 4.81. The van der Waals surface area contributed by atoms with Crippen molar-refractivity contribution < 1.29 is 9.32 Å². The van der Waals surface area contributed by atoms with Crippen molar-refractivity contribution in [3.05, 3.63) is 35.0 Å². The van der Waals surface area contributed by atoms with Crippen LogP contribution >= 0.6 is 0 Å². The summed E-state index contributed by atoms with van der Waals surface area (Å²) in [5.41, 5.74) is 2.89. The fraction of sp³-hybridized carbons (Fsp3) is 0.588. The number of carbonyl (C=O) groups excluding carboxylic acids is 1. The Labute approximate surface area is 141 Å². The number of hydrogen-bond acceptors (Lipinski definition) is 4. The summed E-state index contributed by atoms with van der Waals surface area (Å²) in [6.45, 7) is 6.62. The van der Waals surface area contributed by atoms with Gasteiger partial charge in [0.05, 0.1) is 24.0 Å². The first kappa shape index (κ1) is 16.5. The number of urea groups is 1. The van der Waals surface area contributed by atoms with Crippen molar-refractivity contribution in [2.24, 2.45) is 0 Å². The number of rotatable bonds is 4. The highest BCUT2D eigenvalue weighted by atomic mass is 16.5. The van der Waals surface area contributed by atoms with E-state index in [4.69, 9.17) is 4.52 Å². The zero-order valence-corrected chi connectivity index (χ0v) is 14.5. The molecule has 24 heavy (non-hydrogen) atoms. The van der Waals surface area contributed by atoms with Gasteiger partial charge < -0.3 is 14.7 Å². The van der Waals surface area contributed by atoms with Gasteiger partial charge in [-0.1, -0.05) is 12.1 Å². The Morgan fingerprint density at radius 3 is 2.96 bits per heavy atom. The molecule has 1 aliphatic rings. The average molecular weight is 331 g/mol. The van der Waals surface area contributed by atoms with Crippen molar-refractivity contribution in [2.45, 2.75) is 58.5 Å². The molecule has 7 heteroatoms. The summed E-state index contributed by atoms with van der Waals surface area (Å²) in [5.74, 6) is 0.768. The largest absolute Gasteiger partial charge is 0.361 e. The van der Waals surface area contributed by atoms with E-state index >= 15 is 0 Å². The average Bonchev–Trinajstić information content (AvgIpc) is 3.23. The zero-order valence-electron chi connectivity index (χ0n) is 14.5. The van der Waals surface area contributed by atoms with Crippen molar-refractivity contribution in [3.8, 4) is 0 Å². The molecule has 0 spiro atoms. The number of aromatic nitrogens is 3. The molecule has 0 aliphatic carbocycles. The monoisotopic (exact) mass is 331 g/mol. The maximum Gasteiger partial charge on any atom is 0.318 e. The quantitative estimate of drug-likeness (QED) is 0.899. The lowest BCUT2D eigenvalue weighted by atomic mass is 9.97. The van der Waals surface area contributed by atoms with E-state index in [1.54, 1.807) is 0 Å². The summed E-state index contributed by atoms with van der Waals surface area (Å²) in [7, 11) is 0. The molecule has 0 saturated carbocycles. The maximum absolute atomic E-state index is 12.9. The van der Waals surface area contributed by atoms with Gasteiger partial charge in [0.2, 0.25) is 0 Å². The number of hydrogen-bond donors (Lipinski definition) is 2. The third-order valence-corrected chi connectivity index (χ3v) is 4.81. The standard InChI is InChI=1S/C17H25N5O2/c1-4-14(16-11(2)21-24-12(16)3)20-17(23)22-8-6-5-7-15(22)13-9-18-19-10-13/h9-10,14-15H,4-8H2,1-3H3,(H,18,19)(H,20,23)/t14-,15+/m1/s1. The predicted molar refractivity (Wildman–Crippen MR) is 89.4 cm³/mol. The maximum atomic E-state index is 12.9. The number of likely N-dealkylation sites (tertiary alicyclic amines) is 1. The van der Waals surface area contributed by atoms with Crippen molar-refractivity contribution in [1.82, 2.24) is 25.6 Å². The van der Waals surface area contributed by atoms with E-state index < -0.39 is 0 Å². The molecule has 130 valence electrons. The normalized spacial score (nSPS) is 19.3. The van der Waals surface area contributed by atoms with Crippen molar-refractivity contribution in [1.29, 1.82) is 0 Å². The van der Waals surface area contributed by atoms with Crippen LogP contribution in [-0.4, -0.2) is 32.8 Å². The van der Waals surface area contributed by atoms with Crippen LogP contribution in [0.1, 0.15) is 67.3 Å². The van der Waals surface area contributed by atoms with Crippen LogP contribution in [0, 0.1) is 13.8 Å². The lowest BCUT2D eigenvalue weighted by molar-refractivity contribution is 0.148. The van der Waals surface area contributed by atoms with Crippen molar-refractivity contribution in [3.63, 3.8) is 0 Å². The van der Waals surface area contributed by atoms with Crippen molar-refractivity contribution in [2.75, 3.05) is 6.54 Å². The molecule has 2 atom stereocenters. The van der Waals surface area contributed by atoms with Gasteiger partial charge in [0.1, 0.15) is 5.76 Å². The lowest BCUT2D eigenvalue weighted by Crippen LogP contribution is -2.45. The second-order valence-electron chi connectivity index (χ2n) is 6.38. The van der Waals surface area contributed by atoms with Crippen LogP contribution in [-0.2, 0) is 0 Å². The third kappa shape index (κ3) is 3.16.